The van der Waals surface area contributed by atoms with Crippen LogP contribution < -0.4 is 9.80 Å². The predicted octanol–water partition coefficient (Wildman–Crippen LogP) is 15.6. The summed E-state index contributed by atoms with van der Waals surface area (Å²) in [6.07, 6.45) is 25.8. The van der Waals surface area contributed by atoms with Crippen molar-refractivity contribution in [2.45, 2.75) is 46.5 Å². The van der Waals surface area contributed by atoms with Gasteiger partial charge in [0, 0.05) is 34.5 Å². The second-order valence-corrected chi connectivity index (χ2v) is 15.1. The highest BCUT2D eigenvalue weighted by molar-refractivity contribution is 5.86. The van der Waals surface area contributed by atoms with Crippen LogP contribution in [0.4, 0.5) is 22.7 Å². The molecular formula is C56H54N2. The molecule has 0 bridgehead atoms. The number of benzene rings is 5. The fourth-order valence-electron chi connectivity index (χ4n) is 7.74. The third-order valence-electron chi connectivity index (χ3n) is 11.3. The highest BCUT2D eigenvalue weighted by Gasteiger charge is 2.18. The van der Waals surface area contributed by atoms with Gasteiger partial charge in [0.2, 0.25) is 0 Å². The normalized spacial score (nSPS) is 17.2. The number of hydrogen-bond donors (Lipinski definition) is 0. The minimum atomic E-state index is 0.402. The highest BCUT2D eigenvalue weighted by Crippen LogP contribution is 2.38. The Labute approximate surface area is 346 Å². The molecule has 3 aliphatic rings. The summed E-state index contributed by atoms with van der Waals surface area (Å²) >= 11 is 0. The third-order valence-corrected chi connectivity index (χ3v) is 11.3. The van der Waals surface area contributed by atoms with Crippen LogP contribution in [-0.4, -0.2) is 0 Å². The maximum atomic E-state index is 4.32. The fraction of sp³-hybridized carbons (Fsp3) is 0.143. The van der Waals surface area contributed by atoms with Gasteiger partial charge >= 0.3 is 0 Å². The van der Waals surface area contributed by atoms with Crippen molar-refractivity contribution in [3.05, 3.63) is 241 Å². The van der Waals surface area contributed by atoms with Gasteiger partial charge in [-0.15, -0.1) is 0 Å². The van der Waals surface area contributed by atoms with E-state index >= 15 is 0 Å². The smallest absolute Gasteiger partial charge is 0.0533 e. The van der Waals surface area contributed by atoms with E-state index in [2.05, 4.69) is 220 Å². The molecule has 0 N–H and O–H groups in total. The SMILES string of the molecule is C=CC1=CC(c2ccc(N(C3=CCCC=C3)c3ccc(-c4ccc(N5/C=C\C=C/C(=C)c6ccccc65)cc4)cc3)cc2)=CCC(C)C1=C.CCc1ccccc1C. The lowest BCUT2D eigenvalue weighted by Gasteiger charge is -2.28. The monoisotopic (exact) mass is 754 g/mol. The Morgan fingerprint density at radius 2 is 1.38 bits per heavy atom. The van der Waals surface area contributed by atoms with Crippen molar-refractivity contribution < 1.29 is 0 Å². The van der Waals surface area contributed by atoms with Crippen LogP contribution in [0, 0.1) is 12.8 Å². The number of fused-ring (bicyclic) bond motifs is 1. The molecule has 1 unspecified atom stereocenters. The highest BCUT2D eigenvalue weighted by atomic mass is 15.1. The van der Waals surface area contributed by atoms with Crippen molar-refractivity contribution in [1.29, 1.82) is 0 Å². The van der Waals surface area contributed by atoms with Crippen LogP contribution in [0.5, 0.6) is 0 Å². The number of hydrogen-bond acceptors (Lipinski definition) is 2. The zero-order valence-electron chi connectivity index (χ0n) is 34.2. The van der Waals surface area contributed by atoms with Gasteiger partial charge in [-0.1, -0.05) is 149 Å². The van der Waals surface area contributed by atoms with E-state index in [9.17, 15) is 0 Å². The second kappa shape index (κ2) is 18.5. The Morgan fingerprint density at radius 3 is 2.02 bits per heavy atom. The van der Waals surface area contributed by atoms with E-state index in [1.54, 1.807) is 0 Å². The minimum absolute atomic E-state index is 0.402. The zero-order valence-corrected chi connectivity index (χ0v) is 34.2. The van der Waals surface area contributed by atoms with E-state index in [1.807, 2.05) is 12.2 Å². The minimum Gasteiger partial charge on any atom is -0.317 e. The first kappa shape index (κ1) is 39.6. The number of allylic oxidation sites excluding steroid dienone is 13. The first-order valence-corrected chi connectivity index (χ1v) is 20.5. The molecule has 288 valence electrons. The number of anilines is 4. The van der Waals surface area contributed by atoms with Gasteiger partial charge in [0.25, 0.3) is 0 Å². The molecule has 0 aromatic heterocycles. The topological polar surface area (TPSA) is 6.48 Å². The van der Waals surface area contributed by atoms with Crippen LogP contribution >= 0.6 is 0 Å². The first-order chi connectivity index (χ1) is 28.3. The summed E-state index contributed by atoms with van der Waals surface area (Å²) in [4.78, 5) is 4.58. The van der Waals surface area contributed by atoms with Gasteiger partial charge in [-0.2, -0.15) is 0 Å². The molecule has 58 heavy (non-hydrogen) atoms. The van der Waals surface area contributed by atoms with Gasteiger partial charge in [0.15, 0.2) is 0 Å². The molecule has 0 fully saturated rings. The molecular weight excluding hydrogens is 701 g/mol. The Balaban J connectivity index is 0.000000504. The van der Waals surface area contributed by atoms with Crippen LogP contribution in [0.3, 0.4) is 0 Å². The predicted molar refractivity (Wildman–Crippen MR) is 253 cm³/mol. The molecule has 2 aliphatic carbocycles. The fourth-order valence-corrected chi connectivity index (χ4v) is 7.74. The van der Waals surface area contributed by atoms with Crippen LogP contribution in [-0.2, 0) is 6.42 Å². The molecule has 8 rings (SSSR count). The molecule has 2 nitrogen and oxygen atoms in total. The Morgan fingerprint density at radius 1 is 0.724 bits per heavy atom. The Bertz CT molecular complexity index is 2460. The number of nitrogens with zero attached hydrogens (tertiary/aromatic N) is 2. The number of rotatable bonds is 8. The summed E-state index contributed by atoms with van der Waals surface area (Å²) in [5, 5.41) is 0. The summed E-state index contributed by atoms with van der Waals surface area (Å²) < 4.78 is 0. The van der Waals surface area contributed by atoms with E-state index in [0.29, 0.717) is 5.92 Å². The molecule has 5 aromatic carbocycles. The average molecular weight is 755 g/mol. The van der Waals surface area contributed by atoms with E-state index in [0.717, 1.165) is 70.7 Å². The lowest BCUT2D eigenvalue weighted by atomic mass is 9.94. The molecule has 1 atom stereocenters. The number of para-hydroxylation sites is 1. The van der Waals surface area contributed by atoms with Gasteiger partial charge < -0.3 is 9.80 Å². The molecule has 0 saturated heterocycles. The van der Waals surface area contributed by atoms with Gasteiger partial charge in [-0.25, -0.2) is 0 Å². The van der Waals surface area contributed by atoms with Gasteiger partial charge in [-0.05, 0) is 149 Å². The second-order valence-electron chi connectivity index (χ2n) is 15.1. The quantitative estimate of drug-likeness (QED) is 0.156. The van der Waals surface area contributed by atoms with E-state index in [-0.39, 0.29) is 0 Å². The summed E-state index contributed by atoms with van der Waals surface area (Å²) in [6.45, 7) is 19.2. The van der Waals surface area contributed by atoms with Crippen LogP contribution in [0.1, 0.15) is 55.4 Å². The van der Waals surface area contributed by atoms with Crippen molar-refractivity contribution in [3.63, 3.8) is 0 Å². The van der Waals surface area contributed by atoms with Crippen molar-refractivity contribution >= 4 is 33.9 Å². The molecule has 1 heterocycles. The van der Waals surface area contributed by atoms with Gasteiger partial charge in [-0.3, -0.25) is 0 Å². The Kier molecular flexibility index (Phi) is 12.7. The number of aryl methyl sites for hydroxylation is 2. The summed E-state index contributed by atoms with van der Waals surface area (Å²) in [6, 6.07) is 43.6. The Hall–Kier alpha value is -6.64. The maximum Gasteiger partial charge on any atom is 0.0533 e. The standard InChI is InChI=1S/C47H42N2.C9H12/c1-5-37-33-41(19-18-34(2)36(37)4)40-24-30-45(31-25-40)49(43-14-7-6-8-15-43)44-28-22-39(23-29-44)38-20-26-42(27-21-38)48-32-12-11-13-35(3)46-16-9-10-17-47(46)48;1-3-9-7-5-4-6-8(9)2/h5,7,9-17,19-34H,1,3-4,6,8,18H2,2H3;4-7H,3H2,1-2H3/b13-11-,32-12-;. The average Bonchev–Trinajstić information content (AvgIpc) is 3.41. The lowest BCUT2D eigenvalue weighted by molar-refractivity contribution is 0.713. The van der Waals surface area contributed by atoms with Crippen molar-refractivity contribution in [2.75, 3.05) is 9.80 Å². The summed E-state index contributed by atoms with van der Waals surface area (Å²) in [7, 11) is 0. The van der Waals surface area contributed by atoms with Crippen LogP contribution in [0.2, 0.25) is 0 Å². The van der Waals surface area contributed by atoms with Crippen LogP contribution in [0.25, 0.3) is 22.3 Å². The van der Waals surface area contributed by atoms with Crippen molar-refractivity contribution in [1.82, 2.24) is 0 Å². The molecule has 0 amide bonds. The summed E-state index contributed by atoms with van der Waals surface area (Å²) in [5.74, 6) is 0.402. The van der Waals surface area contributed by atoms with Crippen molar-refractivity contribution in [2.24, 2.45) is 5.92 Å². The molecule has 1 aliphatic heterocycles. The lowest BCUT2D eigenvalue weighted by Crippen LogP contribution is -2.16. The van der Waals surface area contributed by atoms with E-state index in [1.165, 1.54) is 39.1 Å². The molecule has 0 radical (unpaired) electrons. The molecule has 5 aromatic rings. The maximum absolute atomic E-state index is 4.32. The van der Waals surface area contributed by atoms with E-state index < -0.39 is 0 Å². The van der Waals surface area contributed by atoms with Gasteiger partial charge in [0.05, 0.1) is 5.69 Å². The third kappa shape index (κ3) is 8.98. The summed E-state index contributed by atoms with van der Waals surface area (Å²) in [5.41, 5.74) is 17.7. The molecule has 0 saturated carbocycles. The first-order valence-electron chi connectivity index (χ1n) is 20.5. The molecule has 0 spiro atoms. The van der Waals surface area contributed by atoms with Crippen molar-refractivity contribution in [3.8, 4) is 11.1 Å². The zero-order chi connectivity index (χ0) is 40.4. The van der Waals surface area contributed by atoms with Gasteiger partial charge in [0.1, 0.15) is 0 Å². The molecule has 2 heteroatoms. The van der Waals surface area contributed by atoms with E-state index in [4.69, 9.17) is 0 Å². The largest absolute Gasteiger partial charge is 0.317 e. The van der Waals surface area contributed by atoms with Crippen LogP contribution in [0.15, 0.2) is 219 Å².